The number of nitrogens with one attached hydrogen (secondary N) is 1. The molecule has 0 saturated heterocycles. The van der Waals surface area contributed by atoms with Crippen LogP contribution in [0.25, 0.3) is 17.2 Å². The number of benzene rings is 1. The molecule has 1 N–H and O–H groups in total. The van der Waals surface area contributed by atoms with Crippen LogP contribution in [0, 0.1) is 13.8 Å². The van der Waals surface area contributed by atoms with Crippen molar-refractivity contribution in [2.45, 2.75) is 46.5 Å². The number of aromatic nitrogens is 6. The molecule has 0 atom stereocenters. The third-order valence-electron chi connectivity index (χ3n) is 5.61. The monoisotopic (exact) mass is 446 g/mol. The molecule has 0 aliphatic carbocycles. The molecule has 3 aromatic heterocycles. The highest BCUT2D eigenvalue weighted by molar-refractivity contribution is 5.55. The van der Waals surface area contributed by atoms with Crippen molar-refractivity contribution in [1.82, 2.24) is 29.7 Å². The summed E-state index contributed by atoms with van der Waals surface area (Å²) in [5.74, 6) is 2.69. The van der Waals surface area contributed by atoms with Gasteiger partial charge < -0.3 is 14.0 Å². The summed E-state index contributed by atoms with van der Waals surface area (Å²) >= 11 is 0. The maximum absolute atomic E-state index is 5.62. The van der Waals surface area contributed by atoms with Crippen molar-refractivity contribution in [3.05, 3.63) is 65.0 Å². The highest BCUT2D eigenvalue weighted by atomic mass is 16.5. The number of imidazole rings is 1. The van der Waals surface area contributed by atoms with Crippen LogP contribution in [0.3, 0.4) is 0 Å². The quantitative estimate of drug-likeness (QED) is 0.466. The highest BCUT2D eigenvalue weighted by Gasteiger charge is 2.21. The molecule has 33 heavy (non-hydrogen) atoms. The van der Waals surface area contributed by atoms with Gasteiger partial charge in [0.1, 0.15) is 23.0 Å². The second-order valence-corrected chi connectivity index (χ2v) is 9.16. The fourth-order valence-electron chi connectivity index (χ4n) is 3.80. The normalized spacial score (nSPS) is 11.6. The summed E-state index contributed by atoms with van der Waals surface area (Å²) in [5, 5.41) is 7.47. The number of nitrogens with zero attached hydrogens (tertiary/aromatic N) is 5. The van der Waals surface area contributed by atoms with E-state index in [2.05, 4.69) is 60.0 Å². The molecule has 0 radical (unpaired) electrons. The molecule has 0 bridgehead atoms. The minimum absolute atomic E-state index is 0.0314. The lowest BCUT2D eigenvalue weighted by Crippen LogP contribution is -2.14. The van der Waals surface area contributed by atoms with Crippen LogP contribution >= 0.6 is 0 Å². The molecule has 4 rings (SSSR count). The molecule has 0 saturated carbocycles. The van der Waals surface area contributed by atoms with Crippen LogP contribution in [0.15, 0.2) is 36.8 Å². The van der Waals surface area contributed by atoms with Crippen molar-refractivity contribution in [3.8, 4) is 28.8 Å². The Balaban J connectivity index is 1.63. The Labute approximate surface area is 194 Å². The Bertz CT molecular complexity index is 1280. The summed E-state index contributed by atoms with van der Waals surface area (Å²) in [7, 11) is 3.31. The molecule has 0 amide bonds. The predicted octanol–water partition coefficient (Wildman–Crippen LogP) is 4.57. The van der Waals surface area contributed by atoms with E-state index in [1.54, 1.807) is 20.5 Å². The molecule has 172 valence electrons. The molecular formula is C25H30N6O2. The fraction of sp³-hybridized carbons (Fsp3) is 0.360. The van der Waals surface area contributed by atoms with E-state index in [1.807, 2.05) is 29.8 Å². The molecule has 4 aromatic rings. The number of ether oxygens (including phenoxy) is 2. The van der Waals surface area contributed by atoms with E-state index in [0.29, 0.717) is 23.8 Å². The molecule has 0 fully saturated rings. The first-order chi connectivity index (χ1) is 15.7. The number of hydrogen-bond acceptors (Lipinski definition) is 6. The summed E-state index contributed by atoms with van der Waals surface area (Å²) in [6.07, 6.45) is 4.30. The molecule has 8 nitrogen and oxygen atoms in total. The van der Waals surface area contributed by atoms with Crippen molar-refractivity contribution in [2.24, 2.45) is 0 Å². The molecule has 0 aliphatic rings. The van der Waals surface area contributed by atoms with Crippen molar-refractivity contribution in [2.75, 3.05) is 14.2 Å². The molecule has 1 aromatic carbocycles. The lowest BCUT2D eigenvalue weighted by Gasteiger charge is -2.24. The third kappa shape index (κ3) is 4.60. The Hall–Kier alpha value is -3.68. The van der Waals surface area contributed by atoms with E-state index in [4.69, 9.17) is 14.5 Å². The fourth-order valence-corrected chi connectivity index (χ4v) is 3.80. The van der Waals surface area contributed by atoms with E-state index in [0.717, 1.165) is 28.5 Å². The average molecular weight is 447 g/mol. The molecule has 0 unspecified atom stereocenters. The predicted molar refractivity (Wildman–Crippen MR) is 127 cm³/mol. The number of pyridine rings is 1. The number of H-pyrrole nitrogens is 1. The molecule has 0 aliphatic heterocycles. The van der Waals surface area contributed by atoms with E-state index in [1.165, 1.54) is 11.1 Å². The Morgan fingerprint density at radius 3 is 2.45 bits per heavy atom. The minimum atomic E-state index is -0.0314. The van der Waals surface area contributed by atoms with Gasteiger partial charge in [0.05, 0.1) is 26.2 Å². The van der Waals surface area contributed by atoms with Crippen molar-refractivity contribution >= 4 is 0 Å². The first kappa shape index (κ1) is 22.5. The highest BCUT2D eigenvalue weighted by Crippen LogP contribution is 2.34. The van der Waals surface area contributed by atoms with Gasteiger partial charge in [-0.25, -0.2) is 15.0 Å². The zero-order valence-corrected chi connectivity index (χ0v) is 20.2. The summed E-state index contributed by atoms with van der Waals surface area (Å²) in [6, 6.07) is 8.12. The van der Waals surface area contributed by atoms with Crippen LogP contribution in [-0.4, -0.2) is 43.9 Å². The van der Waals surface area contributed by atoms with Gasteiger partial charge in [-0.1, -0.05) is 26.8 Å². The molecular weight excluding hydrogens is 416 g/mol. The van der Waals surface area contributed by atoms with Crippen LogP contribution in [-0.2, 0) is 11.8 Å². The Morgan fingerprint density at radius 1 is 1.03 bits per heavy atom. The number of aryl methyl sites for hydroxylation is 2. The minimum Gasteiger partial charge on any atom is -0.496 e. The lowest BCUT2D eigenvalue weighted by atomic mass is 9.84. The topological polar surface area (TPSA) is 90.7 Å². The first-order valence-electron chi connectivity index (χ1n) is 10.8. The van der Waals surface area contributed by atoms with Crippen molar-refractivity contribution < 1.29 is 9.47 Å². The average Bonchev–Trinajstić information content (AvgIpc) is 3.42. The van der Waals surface area contributed by atoms with Gasteiger partial charge in [0, 0.05) is 12.6 Å². The second kappa shape index (κ2) is 8.69. The SMILES string of the molecule is COc1cc(C)c(Cc2nc(-c3ccc(-n4cnc(C)c4)c(OC)n3)n[nH]2)cc1C(C)(C)C. The van der Waals surface area contributed by atoms with Crippen molar-refractivity contribution in [1.29, 1.82) is 0 Å². The zero-order valence-electron chi connectivity index (χ0n) is 20.2. The van der Waals surface area contributed by atoms with Crippen LogP contribution in [0.1, 0.15) is 49.0 Å². The zero-order chi connectivity index (χ0) is 23.8. The van der Waals surface area contributed by atoms with Gasteiger partial charge >= 0.3 is 0 Å². The lowest BCUT2D eigenvalue weighted by molar-refractivity contribution is 0.396. The van der Waals surface area contributed by atoms with E-state index >= 15 is 0 Å². The van der Waals surface area contributed by atoms with Gasteiger partial charge in [-0.3, -0.25) is 5.10 Å². The maximum atomic E-state index is 5.62. The van der Waals surface area contributed by atoms with Gasteiger partial charge in [-0.2, -0.15) is 5.10 Å². The smallest absolute Gasteiger partial charge is 0.238 e. The second-order valence-electron chi connectivity index (χ2n) is 9.16. The van der Waals surface area contributed by atoms with Gasteiger partial charge in [-0.15, -0.1) is 0 Å². The summed E-state index contributed by atoms with van der Waals surface area (Å²) < 4.78 is 13.0. The van der Waals surface area contributed by atoms with Crippen LogP contribution in [0.4, 0.5) is 0 Å². The molecule has 0 spiro atoms. The van der Waals surface area contributed by atoms with Gasteiger partial charge in [0.25, 0.3) is 0 Å². The summed E-state index contributed by atoms with van der Waals surface area (Å²) in [6.45, 7) is 10.6. The van der Waals surface area contributed by atoms with E-state index < -0.39 is 0 Å². The van der Waals surface area contributed by atoms with Gasteiger partial charge in [0.2, 0.25) is 5.88 Å². The standard InChI is InChI=1S/C25H30N6O2/c1-15-10-21(32-6)18(25(3,4)5)11-17(15)12-22-28-23(30-29-22)19-8-9-20(24(27-19)33-7)31-13-16(2)26-14-31/h8-11,13-14H,12H2,1-7H3,(H,28,29,30). The van der Waals surface area contributed by atoms with Gasteiger partial charge in [-0.05, 0) is 54.2 Å². The van der Waals surface area contributed by atoms with Crippen molar-refractivity contribution in [3.63, 3.8) is 0 Å². The Kier molecular flexibility index (Phi) is 5.93. The maximum Gasteiger partial charge on any atom is 0.238 e. The Morgan fingerprint density at radius 2 is 1.82 bits per heavy atom. The number of rotatable bonds is 6. The summed E-state index contributed by atoms with van der Waals surface area (Å²) in [4.78, 5) is 13.6. The van der Waals surface area contributed by atoms with Crippen LogP contribution in [0.5, 0.6) is 11.6 Å². The molecule has 3 heterocycles. The third-order valence-corrected chi connectivity index (χ3v) is 5.61. The summed E-state index contributed by atoms with van der Waals surface area (Å²) in [5.41, 5.74) is 5.83. The van der Waals surface area contributed by atoms with Crippen LogP contribution in [0.2, 0.25) is 0 Å². The number of hydrogen-bond donors (Lipinski definition) is 1. The van der Waals surface area contributed by atoms with E-state index in [9.17, 15) is 0 Å². The number of aromatic amines is 1. The van der Waals surface area contributed by atoms with Crippen LogP contribution < -0.4 is 9.47 Å². The number of methoxy groups -OCH3 is 2. The van der Waals surface area contributed by atoms with E-state index in [-0.39, 0.29) is 5.41 Å². The first-order valence-corrected chi connectivity index (χ1v) is 10.8. The largest absolute Gasteiger partial charge is 0.496 e. The van der Waals surface area contributed by atoms with Gasteiger partial charge in [0.15, 0.2) is 5.82 Å². The molecule has 8 heteroatoms.